The number of nitrogens with zero attached hydrogens (tertiary/aromatic N) is 9. The molecule has 6 aromatic heterocycles. The number of aryl methyl sites for hydroxylation is 3. The molecule has 15 aromatic rings. The monoisotopic (exact) mass is 1690 g/mol. The highest BCUT2D eigenvalue weighted by atomic mass is 16.7. The van der Waals surface area contributed by atoms with Gasteiger partial charge in [0.15, 0.2) is 34.5 Å². The van der Waals surface area contributed by atoms with Gasteiger partial charge in [0.05, 0.1) is 91.1 Å². The van der Waals surface area contributed by atoms with Crippen LogP contribution in [0.4, 0.5) is 0 Å². The highest BCUT2D eigenvalue weighted by molar-refractivity contribution is 6.35. The second-order valence-electron chi connectivity index (χ2n) is 35.9. The van der Waals surface area contributed by atoms with Gasteiger partial charge >= 0.3 is 11.9 Å². The molecule has 27 nitrogen and oxygen atoms in total. The van der Waals surface area contributed by atoms with Crippen LogP contribution < -0.4 is 5.32 Å². The molecule has 126 heavy (non-hydrogen) atoms. The number of methoxy groups -OCH3 is 3. The Morgan fingerprint density at radius 1 is 0.405 bits per heavy atom. The van der Waals surface area contributed by atoms with Gasteiger partial charge in [0.25, 0.3) is 11.8 Å². The normalized spacial score (nSPS) is 25.4. The van der Waals surface area contributed by atoms with E-state index in [0.717, 1.165) is 161 Å². The zero-order chi connectivity index (χ0) is 86.6. The summed E-state index contributed by atoms with van der Waals surface area (Å²) >= 11 is 0. The number of imide groups is 1. The number of carboxylic acids is 1. The molecule has 13 heterocycles. The van der Waals surface area contributed by atoms with Crippen LogP contribution >= 0.6 is 0 Å². The second-order valence-corrected chi connectivity index (χ2v) is 35.9. The van der Waals surface area contributed by atoms with Crippen molar-refractivity contribution in [3.8, 4) is 0 Å². The summed E-state index contributed by atoms with van der Waals surface area (Å²) in [5.74, 6) is -2.99. The molecule has 10 aliphatic rings. The van der Waals surface area contributed by atoms with Crippen LogP contribution in [0.25, 0.3) is 131 Å². The number of Topliss-reactive ketones (excluding diaryl/α,β-unsaturated/α-hetero) is 3. The fraction of sp³-hybridized carbons (Fsp3) is 0.364. The van der Waals surface area contributed by atoms with Gasteiger partial charge in [-0.25, -0.2) is 4.79 Å². The van der Waals surface area contributed by atoms with Gasteiger partial charge in [-0.05, 0) is 100 Å². The van der Waals surface area contributed by atoms with E-state index in [4.69, 9.17) is 33.3 Å². The Labute approximate surface area is 719 Å². The number of carbonyl (C=O) groups excluding carboxylic acids is 8. The average Bonchev–Trinajstić information content (AvgIpc) is 1.51. The van der Waals surface area contributed by atoms with E-state index in [1.807, 2.05) is 69.4 Å². The van der Waals surface area contributed by atoms with E-state index in [1.54, 1.807) is 45.2 Å². The number of ketones is 3. The highest BCUT2D eigenvalue weighted by Gasteiger charge is 2.59. The molecule has 640 valence electrons. The summed E-state index contributed by atoms with van der Waals surface area (Å²) in [5.41, 5.74) is 15.3. The van der Waals surface area contributed by atoms with Crippen LogP contribution in [0.5, 0.6) is 0 Å². The zero-order valence-corrected chi connectivity index (χ0v) is 71.2. The number of fused-ring (bicyclic) bond motifs is 39. The third-order valence-corrected chi connectivity index (χ3v) is 29.8. The van der Waals surface area contributed by atoms with Crippen molar-refractivity contribution in [2.45, 2.75) is 189 Å². The summed E-state index contributed by atoms with van der Waals surface area (Å²) in [4.78, 5) is 124. The third-order valence-electron chi connectivity index (χ3n) is 29.8. The van der Waals surface area contributed by atoms with E-state index in [0.29, 0.717) is 50.0 Å². The van der Waals surface area contributed by atoms with Crippen molar-refractivity contribution in [1.29, 1.82) is 0 Å². The molecule has 3 aliphatic carbocycles. The number of hydroxylamine groups is 2. The average molecular weight is 1690 g/mol. The van der Waals surface area contributed by atoms with Crippen molar-refractivity contribution in [2.75, 3.05) is 42.5 Å². The van der Waals surface area contributed by atoms with Crippen LogP contribution in [-0.4, -0.2) is 179 Å². The molecular formula is C99H92N10O17. The van der Waals surface area contributed by atoms with Crippen LogP contribution in [-0.2, 0) is 98.5 Å². The molecule has 12 atom stereocenters. The molecule has 25 rings (SSSR count). The molecule has 2 N–H and O–H groups in total. The van der Waals surface area contributed by atoms with Gasteiger partial charge in [-0.1, -0.05) is 109 Å². The number of rotatable bonds is 13. The summed E-state index contributed by atoms with van der Waals surface area (Å²) in [7, 11) is 10.5. The van der Waals surface area contributed by atoms with Crippen LogP contribution in [0, 0.1) is 0 Å². The molecule has 27 heteroatoms. The largest absolute Gasteiger partial charge is 0.481 e. The van der Waals surface area contributed by atoms with Gasteiger partial charge in [-0.3, -0.25) is 38.4 Å². The minimum absolute atomic E-state index is 0.00928. The third kappa shape index (κ3) is 10.4. The summed E-state index contributed by atoms with van der Waals surface area (Å²) in [5, 5.41) is 26.0. The van der Waals surface area contributed by atoms with Crippen LogP contribution in [0.1, 0.15) is 164 Å². The number of carbonyl (C=O) groups is 9. The maximum atomic E-state index is 13.8. The number of likely N-dealkylation sites (N-methyl/N-ethyl adjacent to an activating group) is 3. The fourth-order valence-corrected chi connectivity index (χ4v) is 24.8. The lowest BCUT2D eigenvalue weighted by atomic mass is 9.91. The van der Waals surface area contributed by atoms with Crippen molar-refractivity contribution in [1.82, 2.24) is 47.6 Å². The molecule has 0 radical (unpaired) electrons. The SMILES string of the molecule is CN[C@@H]1C[C@H]2O[C@@](C)([C@@H]1OC)n1c3ccccc3c3c4c(c5c6ccccc6n2c5c31)C(=O)CC4.CO[C@@H]1[C@H](N(C)C(=O)CCC(=O)O)C[C@H]2O[C@]1(C)n1c3ccccc3c3c4c(c5c6ccccc6n2c5c31)C(=O)CC4.CO[C@@H]1[C@H](N(C)C(=O)CCC(=O)ON2C(=O)CCC2=O)C[C@H]2O[C@]1(C)n1c3ccccc3c3c4c(c5c6ccccc6n2c5c31)C(=O)CC4. The lowest BCUT2D eigenvalue weighted by Crippen LogP contribution is -2.61. The molecule has 4 amide bonds. The summed E-state index contributed by atoms with van der Waals surface area (Å²) in [6, 6.07) is 48.9. The van der Waals surface area contributed by atoms with Gasteiger partial charge in [0.2, 0.25) is 11.8 Å². The molecule has 6 bridgehead atoms. The lowest BCUT2D eigenvalue weighted by Gasteiger charge is -2.50. The maximum absolute atomic E-state index is 13.8. The lowest BCUT2D eigenvalue weighted by molar-refractivity contribution is -0.266. The molecule has 7 aliphatic heterocycles. The Morgan fingerprint density at radius 2 is 0.714 bits per heavy atom. The van der Waals surface area contributed by atoms with Crippen molar-refractivity contribution in [2.24, 2.45) is 0 Å². The summed E-state index contributed by atoms with van der Waals surface area (Å²) < 4.78 is 53.8. The number of nitrogens with one attached hydrogen (secondary N) is 1. The van der Waals surface area contributed by atoms with Gasteiger partial charge in [0, 0.05) is 187 Å². The van der Waals surface area contributed by atoms with Crippen LogP contribution in [0.3, 0.4) is 0 Å². The predicted octanol–water partition coefficient (Wildman–Crippen LogP) is 15.4. The molecule has 0 saturated carbocycles. The maximum Gasteiger partial charge on any atom is 0.333 e. The molecular weight excluding hydrogens is 1600 g/mol. The van der Waals surface area contributed by atoms with Crippen LogP contribution in [0.15, 0.2) is 146 Å². The molecule has 0 unspecified atom stereocenters. The predicted molar refractivity (Wildman–Crippen MR) is 472 cm³/mol. The number of benzene rings is 9. The molecule has 4 saturated heterocycles. The minimum atomic E-state index is -1.10. The van der Waals surface area contributed by atoms with E-state index < -0.39 is 77.7 Å². The quantitative estimate of drug-likeness (QED) is 0.101. The second kappa shape index (κ2) is 28.0. The van der Waals surface area contributed by atoms with Crippen LogP contribution in [0.2, 0.25) is 0 Å². The zero-order valence-electron chi connectivity index (χ0n) is 71.2. The van der Waals surface area contributed by atoms with Gasteiger partial charge < -0.3 is 80.9 Å². The number of hydrogen-bond donors (Lipinski definition) is 2. The Hall–Kier alpha value is -12.5. The number of aromatic nitrogens is 6. The first-order valence-electron chi connectivity index (χ1n) is 43.7. The Morgan fingerprint density at radius 3 is 1.05 bits per heavy atom. The number of amides is 4. The standard InChI is InChI=1S/C37H34N4O8.C33H31N3O6.C29H27N3O3/c1-37-36(47-3)24(38(2)26(43)16-17-30(46)49-41-27(44)14-15-28(41)45)18-29(48-37)39-22-10-6-4-8-19(22)33-32-21(12-13-25(32)42)31-20-9-5-7-11-23(20)40(37)35(31)34(33)39;1-33-32(41-3)22(34(2)24(38)14-15-26(39)40)16-25(42-33)35-20-10-6-4-8-17(20)29-28-19(12-13-23(28)37)27-18-9-5-7-11-21(18)36(33)31(27)30(29)35;1-29-28(34-3)18(30-2)14-22(35-29)31-19-10-6-4-8-15(19)25-24-17(12-13-21(24)33)23-16-9-5-7-11-20(16)32(29)27(23)26(25)31/h4-11,24,29,36H,12-18H2,1-3H3;4-11,22,25,32H,12-16H2,1-3H3,(H,39,40);4-11,18,22,28,30H,12-14H2,1-3H3/t24-,29-,36-,37+;22-,25-,32-,33+;18-,22-,28-,29+/m111/s1. The highest BCUT2D eigenvalue weighted by Crippen LogP contribution is 2.60. The van der Waals surface area contributed by atoms with E-state index in [1.165, 1.54) is 16.3 Å². The number of hydrogen-bond acceptors (Lipinski definition) is 17. The smallest absolute Gasteiger partial charge is 0.333 e. The molecule has 4 fully saturated rings. The van der Waals surface area contributed by atoms with Gasteiger partial charge in [0.1, 0.15) is 37.0 Å². The Bertz CT molecular complexity index is 7470. The first kappa shape index (κ1) is 78.3. The number of para-hydroxylation sites is 6. The molecule has 0 spiro atoms. The fourth-order valence-electron chi connectivity index (χ4n) is 24.8. The first-order chi connectivity index (χ1) is 61.0. The minimum Gasteiger partial charge on any atom is -0.481 e. The Balaban J connectivity index is 0.000000110. The topological polar surface area (TPSA) is 290 Å². The molecule has 9 aromatic carbocycles. The number of ether oxygens (including phenoxy) is 6. The summed E-state index contributed by atoms with van der Waals surface area (Å²) in [6.45, 7) is 6.20. The number of carboxylic acid groups (broad SMARTS) is 1. The van der Waals surface area contributed by atoms with Crippen molar-refractivity contribution in [3.63, 3.8) is 0 Å². The first-order valence-corrected chi connectivity index (χ1v) is 43.7. The van der Waals surface area contributed by atoms with Crippen molar-refractivity contribution >= 4 is 184 Å². The summed E-state index contributed by atoms with van der Waals surface area (Å²) in [6.07, 6.45) is 1.81. The van der Waals surface area contributed by atoms with E-state index in [-0.39, 0.29) is 86.1 Å². The van der Waals surface area contributed by atoms with E-state index in [9.17, 15) is 48.3 Å². The number of aliphatic carboxylic acids is 1. The van der Waals surface area contributed by atoms with E-state index in [2.05, 4.69) is 137 Å². The van der Waals surface area contributed by atoms with E-state index >= 15 is 0 Å². The van der Waals surface area contributed by atoms with Gasteiger partial charge in [-0.2, -0.15) is 0 Å². The Kier molecular flexibility index (Phi) is 17.4. The van der Waals surface area contributed by atoms with Gasteiger partial charge in [-0.15, -0.1) is 5.06 Å². The van der Waals surface area contributed by atoms with Crippen molar-refractivity contribution < 1.29 is 81.5 Å². The van der Waals surface area contributed by atoms with Crippen molar-refractivity contribution in [3.05, 3.63) is 179 Å².